The zero-order chi connectivity index (χ0) is 24.8. The van der Waals surface area contributed by atoms with Crippen LogP contribution in [0.15, 0.2) is 65.6 Å². The molecule has 1 aromatic rings. The average molecular weight is 473 g/mol. The molecule has 0 spiro atoms. The summed E-state index contributed by atoms with van der Waals surface area (Å²) >= 11 is 0. The number of nitriles is 1. The monoisotopic (exact) mass is 472 g/mol. The van der Waals surface area contributed by atoms with Crippen molar-refractivity contribution in [3.8, 4) is 6.07 Å². The van der Waals surface area contributed by atoms with Crippen molar-refractivity contribution in [1.29, 1.82) is 5.26 Å². The van der Waals surface area contributed by atoms with E-state index < -0.39 is 5.60 Å². The van der Waals surface area contributed by atoms with E-state index in [1.54, 1.807) is 7.11 Å². The Balaban J connectivity index is 1.38. The number of anilines is 1. The molecule has 0 aromatic heterocycles. The predicted octanol–water partition coefficient (Wildman–Crippen LogP) is 6.75. The lowest BCUT2D eigenvalue weighted by Gasteiger charge is -2.58. The van der Waals surface area contributed by atoms with Crippen molar-refractivity contribution in [1.82, 2.24) is 0 Å². The van der Waals surface area contributed by atoms with Crippen LogP contribution in [0, 0.1) is 39.9 Å². The van der Waals surface area contributed by atoms with E-state index in [2.05, 4.69) is 32.1 Å². The topological polar surface area (TPSA) is 56.5 Å². The third kappa shape index (κ3) is 3.75. The lowest BCUT2D eigenvalue weighted by molar-refractivity contribution is -0.120. The van der Waals surface area contributed by atoms with Crippen LogP contribution >= 0.6 is 0 Å². The van der Waals surface area contributed by atoms with E-state index >= 15 is 0 Å². The summed E-state index contributed by atoms with van der Waals surface area (Å²) in [5.41, 5.74) is 2.41. The van der Waals surface area contributed by atoms with Crippen LogP contribution in [0.4, 0.5) is 5.69 Å². The van der Waals surface area contributed by atoms with Crippen LogP contribution in [-0.4, -0.2) is 24.9 Å². The Morgan fingerprint density at radius 2 is 1.91 bits per heavy atom. The molecule has 4 heteroatoms. The van der Waals surface area contributed by atoms with Crippen molar-refractivity contribution in [2.45, 2.75) is 70.8 Å². The summed E-state index contributed by atoms with van der Waals surface area (Å²) in [6, 6.07) is 12.3. The van der Waals surface area contributed by atoms with Gasteiger partial charge in [-0.3, -0.25) is 0 Å². The summed E-state index contributed by atoms with van der Waals surface area (Å²) in [7, 11) is 3.72. The van der Waals surface area contributed by atoms with Crippen LogP contribution < -0.4 is 4.90 Å². The zero-order valence-corrected chi connectivity index (χ0v) is 21.8. The first-order valence-electron chi connectivity index (χ1n) is 13.3. The van der Waals surface area contributed by atoms with Crippen LogP contribution in [0.2, 0.25) is 0 Å². The van der Waals surface area contributed by atoms with E-state index in [0.29, 0.717) is 29.9 Å². The highest BCUT2D eigenvalue weighted by molar-refractivity contribution is 5.54. The maximum Gasteiger partial charge on any atom is 0.117 e. The molecule has 186 valence electrons. The minimum absolute atomic E-state index is 0.111. The highest BCUT2D eigenvalue weighted by atomic mass is 16.5. The molecule has 0 aliphatic heterocycles. The second-order valence-corrected chi connectivity index (χ2v) is 11.8. The standard InChI is InChI=1S/C31H40N2O2/c1-29-16-13-25(35-4)20-22(29)10-11-26-27(29)14-17-30(2)28(26)15-19-31(30,34)18-12-24(21-32)33(3)23-8-6-5-7-9-23/h5-10,12,20,26-28,34H,11,13-19H2,1-4H3/b24-12+/t26-,27+,28+,29+,30+,31+/m1/s1. The summed E-state index contributed by atoms with van der Waals surface area (Å²) in [6.45, 7) is 4.82. The second kappa shape index (κ2) is 8.86. The van der Waals surface area contributed by atoms with E-state index in [-0.39, 0.29) is 10.8 Å². The van der Waals surface area contributed by atoms with Crippen molar-refractivity contribution in [3.05, 3.63) is 65.6 Å². The number of aliphatic hydroxyl groups is 1. The Kier molecular flexibility index (Phi) is 6.12. The predicted molar refractivity (Wildman–Crippen MR) is 140 cm³/mol. The van der Waals surface area contributed by atoms with Gasteiger partial charge in [-0.1, -0.05) is 38.1 Å². The first kappa shape index (κ1) is 24.2. The summed E-state index contributed by atoms with van der Waals surface area (Å²) in [5, 5.41) is 22.0. The van der Waals surface area contributed by atoms with Gasteiger partial charge in [0.1, 0.15) is 11.8 Å². The van der Waals surface area contributed by atoms with Crippen LogP contribution in [-0.2, 0) is 4.74 Å². The van der Waals surface area contributed by atoms with Gasteiger partial charge in [-0.25, -0.2) is 0 Å². The quantitative estimate of drug-likeness (QED) is 0.481. The molecule has 1 aromatic carbocycles. The molecule has 0 radical (unpaired) electrons. The van der Waals surface area contributed by atoms with Crippen molar-refractivity contribution < 1.29 is 9.84 Å². The van der Waals surface area contributed by atoms with Gasteiger partial charge >= 0.3 is 0 Å². The van der Waals surface area contributed by atoms with Gasteiger partial charge in [0.2, 0.25) is 0 Å². The minimum Gasteiger partial charge on any atom is -0.501 e. The molecule has 0 bridgehead atoms. The molecule has 2 fully saturated rings. The Bertz CT molecular complexity index is 1100. The van der Waals surface area contributed by atoms with Crippen LogP contribution in [0.5, 0.6) is 0 Å². The number of hydrogen-bond acceptors (Lipinski definition) is 4. The number of nitrogens with zero attached hydrogens (tertiary/aromatic N) is 2. The summed E-state index contributed by atoms with van der Waals surface area (Å²) in [5.74, 6) is 2.94. The number of fused-ring (bicyclic) bond motifs is 5. The lowest BCUT2D eigenvalue weighted by Crippen LogP contribution is -2.54. The van der Waals surface area contributed by atoms with Crippen molar-refractivity contribution >= 4 is 5.69 Å². The molecular weight excluding hydrogens is 432 g/mol. The number of para-hydroxylation sites is 1. The molecule has 0 unspecified atom stereocenters. The number of hydrogen-bond donors (Lipinski definition) is 1. The van der Waals surface area contributed by atoms with Crippen LogP contribution in [0.25, 0.3) is 0 Å². The van der Waals surface area contributed by atoms with Gasteiger partial charge in [0.15, 0.2) is 0 Å². The van der Waals surface area contributed by atoms with Crippen LogP contribution in [0.3, 0.4) is 0 Å². The van der Waals surface area contributed by atoms with Gasteiger partial charge in [-0.15, -0.1) is 0 Å². The Morgan fingerprint density at radius 1 is 1.17 bits per heavy atom. The van der Waals surface area contributed by atoms with Crippen molar-refractivity contribution in [2.24, 2.45) is 28.6 Å². The summed E-state index contributed by atoms with van der Waals surface area (Å²) in [4.78, 5) is 1.92. The van der Waals surface area contributed by atoms with E-state index in [1.807, 2.05) is 48.4 Å². The highest BCUT2D eigenvalue weighted by Crippen LogP contribution is 2.67. The van der Waals surface area contributed by atoms with E-state index in [9.17, 15) is 10.4 Å². The fraction of sp³-hybridized carbons (Fsp3) is 0.581. The smallest absolute Gasteiger partial charge is 0.117 e. The largest absolute Gasteiger partial charge is 0.501 e. The van der Waals surface area contributed by atoms with Gasteiger partial charge in [-0.05, 0) is 103 Å². The van der Waals surface area contributed by atoms with E-state index in [4.69, 9.17) is 4.74 Å². The van der Waals surface area contributed by atoms with Gasteiger partial charge in [0.05, 0.1) is 18.5 Å². The molecule has 1 N–H and O–H groups in total. The van der Waals surface area contributed by atoms with Gasteiger partial charge < -0.3 is 14.7 Å². The molecule has 4 aliphatic carbocycles. The van der Waals surface area contributed by atoms with Gasteiger partial charge in [-0.2, -0.15) is 5.26 Å². The number of rotatable bonds is 5. The maximum absolute atomic E-state index is 12.1. The summed E-state index contributed by atoms with van der Waals surface area (Å²) < 4.78 is 5.59. The molecule has 2 saturated carbocycles. The fourth-order valence-corrected chi connectivity index (χ4v) is 8.22. The fourth-order valence-electron chi connectivity index (χ4n) is 8.22. The first-order chi connectivity index (χ1) is 16.8. The first-order valence-corrected chi connectivity index (χ1v) is 13.3. The van der Waals surface area contributed by atoms with Gasteiger partial charge in [0, 0.05) is 19.2 Å². The minimum atomic E-state index is -0.761. The van der Waals surface area contributed by atoms with Crippen LogP contribution in [0.1, 0.15) is 65.2 Å². The molecule has 0 amide bonds. The Labute approximate surface area is 211 Å². The second-order valence-electron chi connectivity index (χ2n) is 11.8. The Hall–Kier alpha value is -2.51. The SMILES string of the molecule is COC1=CC2=CC[C@@H]3[C@H](CC[C@@]4(C)[C@H]3CC[C@@]4(O)C/C=C(\C#N)N(C)c3ccccc3)[C@@]2(C)CC1. The third-order valence-corrected chi connectivity index (χ3v) is 10.6. The highest BCUT2D eigenvalue weighted by Gasteiger charge is 2.63. The molecule has 4 nitrogen and oxygen atoms in total. The molecule has 0 heterocycles. The Morgan fingerprint density at radius 3 is 2.63 bits per heavy atom. The average Bonchev–Trinajstić information content (AvgIpc) is 3.15. The molecule has 0 saturated heterocycles. The lowest BCUT2D eigenvalue weighted by atomic mass is 9.47. The number of ether oxygens (including phenoxy) is 1. The normalized spacial score (nSPS) is 38.3. The van der Waals surface area contributed by atoms with E-state index in [1.165, 1.54) is 12.0 Å². The van der Waals surface area contributed by atoms with Gasteiger partial charge in [0.25, 0.3) is 0 Å². The van der Waals surface area contributed by atoms with Crippen molar-refractivity contribution in [3.63, 3.8) is 0 Å². The molecule has 6 atom stereocenters. The molecule has 4 aliphatic rings. The maximum atomic E-state index is 12.1. The van der Waals surface area contributed by atoms with E-state index in [0.717, 1.165) is 50.0 Å². The number of methoxy groups -OCH3 is 1. The number of allylic oxidation sites excluding steroid dienone is 5. The zero-order valence-electron chi connectivity index (χ0n) is 21.8. The molecule has 35 heavy (non-hydrogen) atoms. The molecular formula is C31H40N2O2. The van der Waals surface area contributed by atoms with Crippen molar-refractivity contribution in [2.75, 3.05) is 19.1 Å². The summed E-state index contributed by atoms with van der Waals surface area (Å²) in [6.07, 6.45) is 14.7. The molecule has 5 rings (SSSR count). The number of benzene rings is 1. The third-order valence-electron chi connectivity index (χ3n) is 10.6.